The van der Waals surface area contributed by atoms with Crippen LogP contribution in [0.2, 0.25) is 0 Å². The van der Waals surface area contributed by atoms with Crippen LogP contribution in [-0.2, 0) is 11.0 Å². The van der Waals surface area contributed by atoms with Gasteiger partial charge in [-0.05, 0) is 42.8 Å². The fraction of sp³-hybridized carbons (Fsp3) is 0.222. The Hall–Kier alpha value is -3.03. The summed E-state index contributed by atoms with van der Waals surface area (Å²) in [5, 5.41) is 7.66. The van der Waals surface area contributed by atoms with Crippen molar-refractivity contribution in [2.75, 3.05) is 10.6 Å². The molecule has 0 aromatic heterocycles. The smallest absolute Gasteiger partial charge is 0.331 e. The molecule has 0 saturated heterocycles. The van der Waals surface area contributed by atoms with E-state index < -0.39 is 23.8 Å². The molecule has 8 heteroatoms. The molecular weight excluding hydrogens is 347 g/mol. The zero-order valence-corrected chi connectivity index (χ0v) is 14.1. The molecule has 26 heavy (non-hydrogen) atoms. The number of carbonyl (C=O) groups excluding carboxylic acids is 2. The van der Waals surface area contributed by atoms with E-state index in [0.717, 1.165) is 17.7 Å². The van der Waals surface area contributed by atoms with Crippen molar-refractivity contribution in [3.63, 3.8) is 0 Å². The molecule has 0 heterocycles. The average molecular weight is 365 g/mol. The molecule has 138 valence electrons. The van der Waals surface area contributed by atoms with E-state index in [1.54, 1.807) is 31.2 Å². The summed E-state index contributed by atoms with van der Waals surface area (Å²) in [7, 11) is 0. The van der Waals surface area contributed by atoms with E-state index in [1.807, 2.05) is 0 Å². The normalized spacial score (nSPS) is 12.2. The Morgan fingerprint density at radius 3 is 2.19 bits per heavy atom. The number of urea groups is 1. The Kier molecular flexibility index (Phi) is 5.86. The molecule has 0 fully saturated rings. The first-order chi connectivity index (χ1) is 12.1. The lowest BCUT2D eigenvalue weighted by atomic mass is 10.1. The molecule has 3 N–H and O–H groups in total. The molecule has 2 rings (SSSR count). The maximum absolute atomic E-state index is 12.7. The third kappa shape index (κ3) is 5.51. The van der Waals surface area contributed by atoms with Crippen molar-refractivity contribution in [1.82, 2.24) is 5.32 Å². The number of benzene rings is 2. The zero-order chi connectivity index (χ0) is 19.3. The Labute approximate surface area is 148 Å². The Balaban J connectivity index is 2.02. The molecule has 0 unspecified atom stereocenters. The second kappa shape index (κ2) is 7.90. The van der Waals surface area contributed by atoms with Crippen molar-refractivity contribution in [2.45, 2.75) is 26.1 Å². The first kappa shape index (κ1) is 19.3. The Morgan fingerprint density at radius 1 is 0.962 bits per heavy atom. The lowest BCUT2D eigenvalue weighted by molar-refractivity contribution is -0.137. The van der Waals surface area contributed by atoms with E-state index in [2.05, 4.69) is 16.0 Å². The van der Waals surface area contributed by atoms with Gasteiger partial charge < -0.3 is 16.0 Å². The molecule has 0 spiro atoms. The minimum Gasteiger partial charge on any atom is -0.331 e. The molecule has 5 nitrogen and oxygen atoms in total. The van der Waals surface area contributed by atoms with Gasteiger partial charge in [-0.25, -0.2) is 4.79 Å². The molecule has 0 bridgehead atoms. The standard InChI is InChI=1S/C18H18F3N3O2/c1-11(13-5-3-7-15(9-13)23-12(2)25)22-17(26)24-16-8-4-6-14(10-16)18(19,20)21/h3-11H,1-2H3,(H,23,25)(H2,22,24,26)/t11-/m1/s1. The molecule has 3 amide bonds. The van der Waals surface area contributed by atoms with Gasteiger partial charge in [0.1, 0.15) is 0 Å². The van der Waals surface area contributed by atoms with E-state index in [1.165, 1.54) is 19.1 Å². The highest BCUT2D eigenvalue weighted by molar-refractivity contribution is 5.90. The van der Waals surface area contributed by atoms with Gasteiger partial charge in [0.2, 0.25) is 5.91 Å². The van der Waals surface area contributed by atoms with E-state index in [9.17, 15) is 22.8 Å². The lowest BCUT2D eigenvalue weighted by Crippen LogP contribution is -2.31. The molecular formula is C18H18F3N3O2. The summed E-state index contributed by atoms with van der Waals surface area (Å²) in [5.41, 5.74) is 0.514. The van der Waals surface area contributed by atoms with Crippen LogP contribution in [0.5, 0.6) is 0 Å². The molecule has 0 aliphatic rings. The summed E-state index contributed by atoms with van der Waals surface area (Å²) in [6.07, 6.45) is -4.48. The van der Waals surface area contributed by atoms with Crippen LogP contribution in [0.25, 0.3) is 0 Å². The van der Waals surface area contributed by atoms with E-state index in [-0.39, 0.29) is 11.6 Å². The fourth-order valence-corrected chi connectivity index (χ4v) is 2.31. The van der Waals surface area contributed by atoms with Crippen molar-refractivity contribution in [2.24, 2.45) is 0 Å². The fourth-order valence-electron chi connectivity index (χ4n) is 2.31. The minimum atomic E-state index is -4.48. The summed E-state index contributed by atoms with van der Waals surface area (Å²) in [4.78, 5) is 23.1. The molecule has 0 radical (unpaired) electrons. The number of nitrogens with one attached hydrogen (secondary N) is 3. The molecule has 0 saturated carbocycles. The third-order valence-corrected chi connectivity index (χ3v) is 3.50. The van der Waals surface area contributed by atoms with E-state index >= 15 is 0 Å². The third-order valence-electron chi connectivity index (χ3n) is 3.50. The van der Waals surface area contributed by atoms with Gasteiger partial charge in [0.15, 0.2) is 0 Å². The number of hydrogen-bond acceptors (Lipinski definition) is 2. The quantitative estimate of drug-likeness (QED) is 0.744. The summed E-state index contributed by atoms with van der Waals surface area (Å²) in [5.74, 6) is -0.218. The van der Waals surface area contributed by atoms with Crippen LogP contribution in [0.15, 0.2) is 48.5 Å². The van der Waals surface area contributed by atoms with Gasteiger partial charge in [-0.1, -0.05) is 18.2 Å². The Morgan fingerprint density at radius 2 is 1.58 bits per heavy atom. The highest BCUT2D eigenvalue weighted by Gasteiger charge is 2.30. The number of amides is 3. The van der Waals surface area contributed by atoms with Gasteiger partial charge >= 0.3 is 12.2 Å². The predicted octanol–water partition coefficient (Wildman–Crippen LogP) is 4.55. The van der Waals surface area contributed by atoms with Gasteiger partial charge in [0.25, 0.3) is 0 Å². The highest BCUT2D eigenvalue weighted by atomic mass is 19.4. The zero-order valence-electron chi connectivity index (χ0n) is 14.1. The second-order valence-electron chi connectivity index (χ2n) is 5.71. The van der Waals surface area contributed by atoms with Gasteiger partial charge in [0, 0.05) is 18.3 Å². The first-order valence-corrected chi connectivity index (χ1v) is 7.77. The van der Waals surface area contributed by atoms with Crippen LogP contribution < -0.4 is 16.0 Å². The summed E-state index contributed by atoms with van der Waals surface area (Å²) < 4.78 is 38.1. The van der Waals surface area contributed by atoms with Crippen molar-refractivity contribution < 1.29 is 22.8 Å². The monoisotopic (exact) mass is 365 g/mol. The van der Waals surface area contributed by atoms with Crippen LogP contribution in [0.1, 0.15) is 31.0 Å². The molecule has 2 aromatic rings. The van der Waals surface area contributed by atoms with Crippen LogP contribution >= 0.6 is 0 Å². The number of carbonyl (C=O) groups is 2. The molecule has 2 aromatic carbocycles. The summed E-state index contributed by atoms with van der Waals surface area (Å²) in [6, 6.07) is 10.2. The van der Waals surface area contributed by atoms with Crippen LogP contribution in [0.4, 0.5) is 29.3 Å². The summed E-state index contributed by atoms with van der Waals surface area (Å²) >= 11 is 0. The minimum absolute atomic E-state index is 0.0384. The number of anilines is 2. The lowest BCUT2D eigenvalue weighted by Gasteiger charge is -2.16. The van der Waals surface area contributed by atoms with Gasteiger partial charge in [0.05, 0.1) is 11.6 Å². The highest BCUT2D eigenvalue weighted by Crippen LogP contribution is 2.30. The SMILES string of the molecule is CC(=O)Nc1cccc([C@@H](C)NC(=O)Nc2cccc(C(F)(F)F)c2)c1. The van der Waals surface area contributed by atoms with Gasteiger partial charge in [-0.15, -0.1) is 0 Å². The largest absolute Gasteiger partial charge is 0.416 e. The molecule has 0 aliphatic heterocycles. The average Bonchev–Trinajstić information content (AvgIpc) is 2.53. The van der Waals surface area contributed by atoms with Crippen molar-refractivity contribution in [3.05, 3.63) is 59.7 Å². The van der Waals surface area contributed by atoms with Crippen molar-refractivity contribution in [3.8, 4) is 0 Å². The van der Waals surface area contributed by atoms with E-state index in [4.69, 9.17) is 0 Å². The van der Waals surface area contributed by atoms with Gasteiger partial charge in [-0.2, -0.15) is 13.2 Å². The van der Waals surface area contributed by atoms with E-state index in [0.29, 0.717) is 5.69 Å². The predicted molar refractivity (Wildman–Crippen MR) is 92.8 cm³/mol. The number of hydrogen-bond donors (Lipinski definition) is 3. The van der Waals surface area contributed by atoms with Crippen LogP contribution in [-0.4, -0.2) is 11.9 Å². The Bertz CT molecular complexity index is 806. The van der Waals surface area contributed by atoms with Crippen LogP contribution in [0.3, 0.4) is 0 Å². The molecule has 1 atom stereocenters. The number of rotatable bonds is 4. The van der Waals surface area contributed by atoms with Crippen LogP contribution in [0, 0.1) is 0 Å². The van der Waals surface area contributed by atoms with Gasteiger partial charge in [-0.3, -0.25) is 4.79 Å². The number of halogens is 3. The maximum Gasteiger partial charge on any atom is 0.416 e. The van der Waals surface area contributed by atoms with Crippen molar-refractivity contribution >= 4 is 23.3 Å². The second-order valence-corrected chi connectivity index (χ2v) is 5.71. The molecule has 0 aliphatic carbocycles. The number of alkyl halides is 3. The first-order valence-electron chi connectivity index (χ1n) is 7.77. The summed E-state index contributed by atoms with van der Waals surface area (Å²) in [6.45, 7) is 3.11. The van der Waals surface area contributed by atoms with Crippen molar-refractivity contribution in [1.29, 1.82) is 0 Å². The maximum atomic E-state index is 12.7. The topological polar surface area (TPSA) is 70.2 Å².